The normalized spacial score (nSPS) is 19.3. The predicted octanol–water partition coefficient (Wildman–Crippen LogP) is 4.11. The Morgan fingerprint density at radius 3 is 2.57 bits per heavy atom. The van der Waals surface area contributed by atoms with Crippen LogP contribution in [0.1, 0.15) is 13.3 Å². The highest BCUT2D eigenvalue weighted by molar-refractivity contribution is 5.81. The third-order valence-corrected chi connectivity index (χ3v) is 4.24. The van der Waals surface area contributed by atoms with Crippen molar-refractivity contribution in [3.63, 3.8) is 0 Å². The lowest BCUT2D eigenvalue weighted by molar-refractivity contribution is -0.118. The molecule has 0 amide bonds. The molecule has 2 unspecified atom stereocenters. The van der Waals surface area contributed by atoms with Crippen LogP contribution in [-0.2, 0) is 4.79 Å². The van der Waals surface area contributed by atoms with Gasteiger partial charge in [0, 0.05) is 17.4 Å². The zero-order chi connectivity index (χ0) is 16.4. The molecule has 3 rings (SSSR count). The van der Waals surface area contributed by atoms with Crippen LogP contribution in [0.2, 0.25) is 0 Å². The number of hydrogen-bond acceptors (Lipinski definition) is 3. The van der Waals surface area contributed by atoms with Gasteiger partial charge < -0.3 is 9.47 Å². The Hall–Kier alpha value is -2.36. The summed E-state index contributed by atoms with van der Waals surface area (Å²) in [5.74, 6) is 1.83. The van der Waals surface area contributed by atoms with Crippen LogP contribution in [-0.4, -0.2) is 19.5 Å². The Balaban J connectivity index is 1.68. The smallest absolute Gasteiger partial charge is 0.133 e. The molecular weight excluding hydrogens is 295 g/mol. The molecule has 4 heteroatoms. The van der Waals surface area contributed by atoms with E-state index in [1.165, 1.54) is 12.1 Å². The molecule has 120 valence electrons. The second kappa shape index (κ2) is 6.41. The number of methoxy groups -OCH3 is 1. The molecule has 23 heavy (non-hydrogen) atoms. The number of ketones is 1. The number of Topliss-reactive ketones (excluding diaryl/α,β-unsaturated/α-hetero) is 1. The minimum absolute atomic E-state index is 0.172. The first-order chi connectivity index (χ1) is 11.1. The van der Waals surface area contributed by atoms with Gasteiger partial charge in [0.05, 0.1) is 13.7 Å². The standard InChI is InChI=1S/C19H19FO3/c1-12(21)17-9-14(17)11-23-16-6-3-13(4-7-16)18-10-15(20)5-8-19(18)22-2/h3-8,10,14,17H,9,11H2,1-2H3. The fraction of sp³-hybridized carbons (Fsp3) is 0.316. The molecule has 0 bridgehead atoms. The topological polar surface area (TPSA) is 35.5 Å². The Morgan fingerprint density at radius 1 is 1.22 bits per heavy atom. The molecule has 0 spiro atoms. The summed E-state index contributed by atoms with van der Waals surface area (Å²) in [6.07, 6.45) is 0.925. The molecular formula is C19H19FO3. The number of ether oxygens (including phenoxy) is 2. The Morgan fingerprint density at radius 2 is 1.96 bits per heavy atom. The lowest BCUT2D eigenvalue weighted by Gasteiger charge is -2.10. The molecule has 3 nitrogen and oxygen atoms in total. The van der Waals surface area contributed by atoms with E-state index in [9.17, 15) is 9.18 Å². The monoisotopic (exact) mass is 314 g/mol. The van der Waals surface area contributed by atoms with Gasteiger partial charge >= 0.3 is 0 Å². The predicted molar refractivity (Wildman–Crippen MR) is 86.2 cm³/mol. The van der Waals surface area contributed by atoms with Crippen LogP contribution in [0.5, 0.6) is 11.5 Å². The molecule has 0 radical (unpaired) electrons. The first-order valence-corrected chi connectivity index (χ1v) is 7.65. The summed E-state index contributed by atoms with van der Waals surface area (Å²) in [5, 5.41) is 0. The van der Waals surface area contributed by atoms with E-state index in [1.54, 1.807) is 20.1 Å². The van der Waals surface area contributed by atoms with Crippen LogP contribution >= 0.6 is 0 Å². The lowest BCUT2D eigenvalue weighted by atomic mass is 10.0. The van der Waals surface area contributed by atoms with Crippen LogP contribution in [0.3, 0.4) is 0 Å². The van der Waals surface area contributed by atoms with Crippen molar-refractivity contribution in [2.75, 3.05) is 13.7 Å². The SMILES string of the molecule is COc1ccc(F)cc1-c1ccc(OCC2CC2C(C)=O)cc1. The number of rotatable bonds is 6. The van der Waals surface area contributed by atoms with E-state index in [0.717, 1.165) is 17.7 Å². The largest absolute Gasteiger partial charge is 0.496 e. The molecule has 1 aliphatic rings. The molecule has 1 aliphatic carbocycles. The summed E-state index contributed by atoms with van der Waals surface area (Å²) in [6.45, 7) is 2.19. The molecule has 1 fully saturated rings. The summed E-state index contributed by atoms with van der Waals surface area (Å²) in [4.78, 5) is 11.2. The van der Waals surface area contributed by atoms with E-state index < -0.39 is 0 Å². The number of carbonyl (C=O) groups excluding carboxylic acids is 1. The molecule has 1 saturated carbocycles. The van der Waals surface area contributed by atoms with Gasteiger partial charge in [-0.25, -0.2) is 4.39 Å². The van der Waals surface area contributed by atoms with Gasteiger partial charge in [-0.05, 0) is 49.2 Å². The van der Waals surface area contributed by atoms with Crippen molar-refractivity contribution in [2.45, 2.75) is 13.3 Å². The van der Waals surface area contributed by atoms with Gasteiger partial charge in [-0.2, -0.15) is 0 Å². The molecule has 0 N–H and O–H groups in total. The van der Waals surface area contributed by atoms with Gasteiger partial charge in [0.15, 0.2) is 0 Å². The highest BCUT2D eigenvalue weighted by atomic mass is 19.1. The van der Waals surface area contributed by atoms with E-state index in [2.05, 4.69) is 0 Å². The van der Waals surface area contributed by atoms with Crippen molar-refractivity contribution in [1.82, 2.24) is 0 Å². The van der Waals surface area contributed by atoms with Crippen LogP contribution < -0.4 is 9.47 Å². The number of halogens is 1. The maximum atomic E-state index is 13.5. The van der Waals surface area contributed by atoms with E-state index in [-0.39, 0.29) is 17.5 Å². The van der Waals surface area contributed by atoms with Crippen molar-refractivity contribution in [3.8, 4) is 22.6 Å². The van der Waals surface area contributed by atoms with Crippen LogP contribution in [0, 0.1) is 17.7 Å². The van der Waals surface area contributed by atoms with Gasteiger partial charge in [0.1, 0.15) is 23.1 Å². The Bertz CT molecular complexity index is 709. The third-order valence-electron chi connectivity index (χ3n) is 4.24. The maximum absolute atomic E-state index is 13.5. The molecule has 0 saturated heterocycles. The third kappa shape index (κ3) is 3.52. The van der Waals surface area contributed by atoms with Crippen molar-refractivity contribution < 1.29 is 18.7 Å². The van der Waals surface area contributed by atoms with E-state index in [4.69, 9.17) is 9.47 Å². The second-order valence-corrected chi connectivity index (χ2v) is 5.89. The number of carbonyl (C=O) groups is 1. The quantitative estimate of drug-likeness (QED) is 0.805. The summed E-state index contributed by atoms with van der Waals surface area (Å²) >= 11 is 0. The summed E-state index contributed by atoms with van der Waals surface area (Å²) in [5.41, 5.74) is 1.57. The Labute approximate surface area is 135 Å². The average Bonchev–Trinajstić information content (AvgIpc) is 3.33. The minimum atomic E-state index is -0.301. The number of benzene rings is 2. The average molecular weight is 314 g/mol. The Kier molecular flexibility index (Phi) is 4.33. The maximum Gasteiger partial charge on any atom is 0.133 e. The van der Waals surface area contributed by atoms with Crippen molar-refractivity contribution in [3.05, 3.63) is 48.3 Å². The van der Waals surface area contributed by atoms with Gasteiger partial charge in [-0.3, -0.25) is 4.79 Å². The summed E-state index contributed by atoms with van der Waals surface area (Å²) in [7, 11) is 1.56. The second-order valence-electron chi connectivity index (χ2n) is 5.89. The molecule has 0 aromatic heterocycles. The molecule has 2 aromatic rings. The van der Waals surface area contributed by atoms with Gasteiger partial charge in [-0.1, -0.05) is 12.1 Å². The fourth-order valence-corrected chi connectivity index (χ4v) is 2.77. The fourth-order valence-electron chi connectivity index (χ4n) is 2.77. The zero-order valence-electron chi connectivity index (χ0n) is 13.2. The van der Waals surface area contributed by atoms with Crippen molar-refractivity contribution in [2.24, 2.45) is 11.8 Å². The first-order valence-electron chi connectivity index (χ1n) is 7.65. The van der Waals surface area contributed by atoms with Crippen LogP contribution in [0.4, 0.5) is 4.39 Å². The highest BCUT2D eigenvalue weighted by Gasteiger charge is 2.41. The van der Waals surface area contributed by atoms with Crippen LogP contribution in [0.15, 0.2) is 42.5 Å². The minimum Gasteiger partial charge on any atom is -0.496 e. The molecule has 2 aromatic carbocycles. The van der Waals surface area contributed by atoms with Gasteiger partial charge in [0.25, 0.3) is 0 Å². The van der Waals surface area contributed by atoms with Crippen LogP contribution in [0.25, 0.3) is 11.1 Å². The number of hydrogen-bond donors (Lipinski definition) is 0. The highest BCUT2D eigenvalue weighted by Crippen LogP contribution is 2.39. The van der Waals surface area contributed by atoms with E-state index in [1.807, 2.05) is 24.3 Å². The first kappa shape index (κ1) is 15.5. The van der Waals surface area contributed by atoms with Crippen molar-refractivity contribution >= 4 is 5.78 Å². The lowest BCUT2D eigenvalue weighted by Crippen LogP contribution is -2.04. The molecule has 2 atom stereocenters. The zero-order valence-corrected chi connectivity index (χ0v) is 13.2. The summed E-state index contributed by atoms with van der Waals surface area (Å²) in [6, 6.07) is 11.9. The molecule has 0 aliphatic heterocycles. The molecule has 0 heterocycles. The van der Waals surface area contributed by atoms with Gasteiger partial charge in [-0.15, -0.1) is 0 Å². The van der Waals surface area contributed by atoms with E-state index >= 15 is 0 Å². The van der Waals surface area contributed by atoms with Gasteiger partial charge in [0.2, 0.25) is 0 Å². The van der Waals surface area contributed by atoms with E-state index in [0.29, 0.717) is 23.8 Å². The van der Waals surface area contributed by atoms with Crippen molar-refractivity contribution in [1.29, 1.82) is 0 Å². The summed E-state index contributed by atoms with van der Waals surface area (Å²) < 4.78 is 24.5.